The highest BCUT2D eigenvalue weighted by molar-refractivity contribution is 5.82. The molecule has 3 heterocycles. The minimum absolute atomic E-state index is 0.0795. The number of aliphatic hydroxyl groups excluding tert-OH is 2. The van der Waals surface area contributed by atoms with Crippen LogP contribution in [0.4, 0.5) is 0 Å². The number of esters is 1. The van der Waals surface area contributed by atoms with Crippen LogP contribution >= 0.6 is 0 Å². The molecule has 0 saturated heterocycles. The highest BCUT2D eigenvalue weighted by Crippen LogP contribution is 2.26. The van der Waals surface area contributed by atoms with Gasteiger partial charge in [-0.2, -0.15) is 0 Å². The molecule has 0 radical (unpaired) electrons. The van der Waals surface area contributed by atoms with Gasteiger partial charge >= 0.3 is 5.97 Å². The molecule has 1 unspecified atom stereocenters. The Morgan fingerprint density at radius 3 is 2.72 bits per heavy atom. The minimum Gasteiger partial charge on any atom is -0.456 e. The summed E-state index contributed by atoms with van der Waals surface area (Å²) in [5.41, 5.74) is 2.24. The fraction of sp³-hybridized carbons (Fsp3) is 0.567. The molecule has 0 fully saturated rings. The third-order valence-electron chi connectivity index (χ3n) is 6.70. The van der Waals surface area contributed by atoms with E-state index >= 15 is 0 Å². The minimum atomic E-state index is -1.01. The lowest BCUT2D eigenvalue weighted by Gasteiger charge is -2.28. The van der Waals surface area contributed by atoms with Crippen molar-refractivity contribution in [2.75, 3.05) is 6.61 Å². The summed E-state index contributed by atoms with van der Waals surface area (Å²) >= 11 is 0. The Morgan fingerprint density at radius 1 is 1.11 bits per heavy atom. The molecule has 6 nitrogen and oxygen atoms in total. The molecule has 0 spiro atoms. The first kappa shape index (κ1) is 28.3. The second kappa shape index (κ2) is 14.5. The van der Waals surface area contributed by atoms with Gasteiger partial charge in [0, 0.05) is 12.5 Å². The van der Waals surface area contributed by atoms with Crippen molar-refractivity contribution in [1.29, 1.82) is 0 Å². The molecule has 7 atom stereocenters. The zero-order valence-corrected chi connectivity index (χ0v) is 21.6. The molecule has 0 aliphatic carbocycles. The number of fused-ring (bicyclic) bond motifs is 2. The summed E-state index contributed by atoms with van der Waals surface area (Å²) in [5, 5.41) is 21.3. The first-order valence-electron chi connectivity index (χ1n) is 13.1. The number of ether oxygens (including phenoxy) is 3. The molecule has 0 aromatic heterocycles. The lowest BCUT2D eigenvalue weighted by atomic mass is 9.91. The van der Waals surface area contributed by atoms with Crippen LogP contribution in [0.3, 0.4) is 0 Å². The van der Waals surface area contributed by atoms with Gasteiger partial charge in [-0.25, -0.2) is 4.79 Å². The topological polar surface area (TPSA) is 85.2 Å². The van der Waals surface area contributed by atoms with Gasteiger partial charge in [0.25, 0.3) is 0 Å². The molecule has 3 rings (SSSR count). The summed E-state index contributed by atoms with van der Waals surface area (Å²) in [4.78, 5) is 12.5. The van der Waals surface area contributed by atoms with E-state index in [0.29, 0.717) is 25.4 Å². The molecule has 6 heteroatoms. The van der Waals surface area contributed by atoms with Crippen LogP contribution in [-0.4, -0.2) is 59.4 Å². The Kier molecular flexibility index (Phi) is 11.4. The maximum Gasteiger partial charge on any atom is 0.330 e. The summed E-state index contributed by atoms with van der Waals surface area (Å²) < 4.78 is 17.5. The second-order valence-electron chi connectivity index (χ2n) is 10.3. The molecule has 36 heavy (non-hydrogen) atoms. The van der Waals surface area contributed by atoms with Crippen LogP contribution in [0.5, 0.6) is 0 Å². The third-order valence-corrected chi connectivity index (χ3v) is 6.70. The summed E-state index contributed by atoms with van der Waals surface area (Å²) in [5.74, 6) is -0.123. The van der Waals surface area contributed by atoms with Gasteiger partial charge in [0.15, 0.2) is 0 Å². The average Bonchev–Trinajstić information content (AvgIpc) is 2.81. The monoisotopic (exact) mass is 498 g/mol. The van der Waals surface area contributed by atoms with E-state index in [2.05, 4.69) is 26.5 Å². The molecule has 0 aromatic carbocycles. The van der Waals surface area contributed by atoms with Gasteiger partial charge in [-0.05, 0) is 51.4 Å². The van der Waals surface area contributed by atoms with Crippen LogP contribution in [0.2, 0.25) is 0 Å². The largest absolute Gasteiger partial charge is 0.456 e. The predicted molar refractivity (Wildman–Crippen MR) is 141 cm³/mol. The van der Waals surface area contributed by atoms with E-state index in [1.165, 1.54) is 11.6 Å². The van der Waals surface area contributed by atoms with Gasteiger partial charge in [0.2, 0.25) is 0 Å². The van der Waals surface area contributed by atoms with Crippen molar-refractivity contribution in [1.82, 2.24) is 0 Å². The fourth-order valence-electron chi connectivity index (χ4n) is 4.86. The molecule has 2 N–H and O–H groups in total. The van der Waals surface area contributed by atoms with Gasteiger partial charge in [-0.15, -0.1) is 0 Å². The Labute approximate surface area is 215 Å². The van der Waals surface area contributed by atoms with Crippen LogP contribution in [0.15, 0.2) is 72.4 Å². The van der Waals surface area contributed by atoms with E-state index in [1.54, 1.807) is 24.3 Å². The van der Waals surface area contributed by atoms with Gasteiger partial charge < -0.3 is 24.4 Å². The van der Waals surface area contributed by atoms with Crippen LogP contribution in [0.1, 0.15) is 58.8 Å². The number of carbonyl (C=O) groups excluding carboxylic acids is 1. The standard InChI is InChI=1S/C30H42O6/c1-21-15-16-34-26(19-21)13-14-28(32)29-11-4-7-24(31)18-22(2)17-23(3)20-27-10-5-8-25(35-27)9-6-12-30(33)36-29/h4-8,12-15,23-29,31-32H,2,9-11,16-20H2,1,3H3/t23-,24?,25-,26+,27-,28-,29-/m0/s1. The van der Waals surface area contributed by atoms with E-state index in [-0.39, 0.29) is 24.7 Å². The molecule has 3 aliphatic rings. The number of hydrogen-bond donors (Lipinski definition) is 2. The smallest absolute Gasteiger partial charge is 0.330 e. The predicted octanol–water partition coefficient (Wildman–Crippen LogP) is 4.89. The molecule has 0 amide bonds. The number of cyclic esters (lactones) is 1. The van der Waals surface area contributed by atoms with Gasteiger partial charge in [-0.1, -0.05) is 73.3 Å². The van der Waals surface area contributed by atoms with Gasteiger partial charge in [0.1, 0.15) is 12.2 Å². The summed E-state index contributed by atoms with van der Waals surface area (Å²) in [6, 6.07) is 0. The van der Waals surface area contributed by atoms with Crippen LogP contribution < -0.4 is 0 Å². The average molecular weight is 499 g/mol. The molecule has 0 aromatic rings. The lowest BCUT2D eigenvalue weighted by Crippen LogP contribution is -2.30. The normalized spacial score (nSPS) is 34.1. The highest BCUT2D eigenvalue weighted by Gasteiger charge is 2.23. The molecular weight excluding hydrogens is 456 g/mol. The molecule has 198 valence electrons. The summed E-state index contributed by atoms with van der Waals surface area (Å²) in [7, 11) is 0. The Hall–Kier alpha value is -2.25. The number of hydrogen-bond acceptors (Lipinski definition) is 6. The van der Waals surface area contributed by atoms with E-state index in [0.717, 1.165) is 31.3 Å². The summed E-state index contributed by atoms with van der Waals surface area (Å²) in [6.07, 6.45) is 18.5. The first-order valence-corrected chi connectivity index (χ1v) is 13.1. The number of rotatable bonds is 3. The van der Waals surface area contributed by atoms with Crippen molar-refractivity contribution >= 4 is 5.97 Å². The SMILES string of the molecule is C=C1CC(O)C=CC[C@@H]([C@@H](O)C=C[C@@H]2CC(C)=CCO2)OC(=O)C=CC[C@@H]2C=CC[C@@H](C[C@@H](C)C1)O2. The maximum atomic E-state index is 12.5. The van der Waals surface area contributed by atoms with Crippen molar-refractivity contribution in [2.24, 2.45) is 5.92 Å². The maximum absolute atomic E-state index is 12.5. The van der Waals surface area contributed by atoms with Crippen LogP contribution in [-0.2, 0) is 19.0 Å². The van der Waals surface area contributed by atoms with Crippen molar-refractivity contribution < 1.29 is 29.2 Å². The van der Waals surface area contributed by atoms with Gasteiger partial charge in [0.05, 0.1) is 31.0 Å². The Bertz CT molecular complexity index is 882. The van der Waals surface area contributed by atoms with E-state index in [9.17, 15) is 15.0 Å². The van der Waals surface area contributed by atoms with Crippen molar-refractivity contribution in [2.45, 2.75) is 95.4 Å². The number of carbonyl (C=O) groups is 1. The van der Waals surface area contributed by atoms with E-state index < -0.39 is 24.3 Å². The Morgan fingerprint density at radius 2 is 1.92 bits per heavy atom. The van der Waals surface area contributed by atoms with Crippen LogP contribution in [0.25, 0.3) is 0 Å². The van der Waals surface area contributed by atoms with Gasteiger partial charge in [-0.3, -0.25) is 0 Å². The second-order valence-corrected chi connectivity index (χ2v) is 10.3. The molecule has 2 bridgehead atoms. The van der Waals surface area contributed by atoms with Crippen LogP contribution in [0, 0.1) is 5.92 Å². The number of aliphatic hydroxyl groups is 2. The van der Waals surface area contributed by atoms with Crippen molar-refractivity contribution in [3.05, 3.63) is 72.4 Å². The highest BCUT2D eigenvalue weighted by atomic mass is 16.6. The zero-order valence-electron chi connectivity index (χ0n) is 21.6. The third kappa shape index (κ3) is 10.0. The Balaban J connectivity index is 1.70. The quantitative estimate of drug-likeness (QED) is 0.426. The van der Waals surface area contributed by atoms with Crippen molar-refractivity contribution in [3.8, 4) is 0 Å². The fourth-order valence-corrected chi connectivity index (χ4v) is 4.86. The zero-order chi connectivity index (χ0) is 25.9. The lowest BCUT2D eigenvalue weighted by molar-refractivity contribution is -0.147. The molecular formula is C30H42O6. The van der Waals surface area contributed by atoms with E-state index in [1.807, 2.05) is 18.2 Å². The first-order chi connectivity index (χ1) is 17.3. The van der Waals surface area contributed by atoms with Crippen molar-refractivity contribution in [3.63, 3.8) is 0 Å². The molecule has 0 saturated carbocycles. The molecule has 3 aliphatic heterocycles. The van der Waals surface area contributed by atoms with E-state index in [4.69, 9.17) is 14.2 Å². The summed E-state index contributed by atoms with van der Waals surface area (Å²) in [6.45, 7) is 8.95.